The summed E-state index contributed by atoms with van der Waals surface area (Å²) in [6.45, 7) is -0.616. The third-order valence-electron chi connectivity index (χ3n) is 3.67. The van der Waals surface area contributed by atoms with Gasteiger partial charge in [-0.25, -0.2) is 8.42 Å². The normalized spacial score (nSPS) is 18.8. The van der Waals surface area contributed by atoms with Gasteiger partial charge in [-0.05, 0) is 30.7 Å². The quantitative estimate of drug-likeness (QED) is 0.686. The summed E-state index contributed by atoms with van der Waals surface area (Å²) in [5.41, 5.74) is 0. The van der Waals surface area contributed by atoms with E-state index in [1.54, 1.807) is 24.3 Å². The first-order valence-corrected chi connectivity index (χ1v) is 9.46. The van der Waals surface area contributed by atoms with Gasteiger partial charge in [0.15, 0.2) is 16.4 Å². The number of benzene rings is 1. The first-order chi connectivity index (χ1) is 11.3. The zero-order valence-electron chi connectivity index (χ0n) is 13.1. The SMILES string of the molecule is COC(=O)CN(C(=O)COc1ccc(Cl)cc1)[C@H]1CCS(=O)(=O)C1. The summed E-state index contributed by atoms with van der Waals surface area (Å²) >= 11 is 5.77. The Kier molecular flexibility index (Phi) is 6.06. The number of carbonyl (C=O) groups excluding carboxylic acids is 2. The molecular formula is C15H18ClNO6S. The molecule has 0 aliphatic carbocycles. The van der Waals surface area contributed by atoms with Gasteiger partial charge in [0.25, 0.3) is 5.91 Å². The van der Waals surface area contributed by atoms with E-state index in [-0.39, 0.29) is 24.7 Å². The number of rotatable bonds is 6. The van der Waals surface area contributed by atoms with Gasteiger partial charge in [-0.2, -0.15) is 0 Å². The number of nitrogens with zero attached hydrogens (tertiary/aromatic N) is 1. The smallest absolute Gasteiger partial charge is 0.325 e. The molecule has 0 aromatic heterocycles. The second kappa shape index (κ2) is 7.85. The molecule has 2 rings (SSSR count). The number of hydrogen-bond donors (Lipinski definition) is 0. The molecule has 7 nitrogen and oxygen atoms in total. The van der Waals surface area contributed by atoms with Crippen molar-refractivity contribution in [1.29, 1.82) is 0 Å². The molecule has 1 atom stereocenters. The molecule has 0 saturated carbocycles. The van der Waals surface area contributed by atoms with Crippen LogP contribution in [-0.4, -0.2) is 63.0 Å². The molecule has 1 aliphatic rings. The fourth-order valence-corrected chi connectivity index (χ4v) is 4.26. The lowest BCUT2D eigenvalue weighted by Gasteiger charge is -2.27. The fourth-order valence-electron chi connectivity index (χ4n) is 2.40. The Bertz CT molecular complexity index is 703. The zero-order chi connectivity index (χ0) is 17.7. The van der Waals surface area contributed by atoms with Crippen molar-refractivity contribution in [3.05, 3.63) is 29.3 Å². The van der Waals surface area contributed by atoms with Crippen LogP contribution in [0.5, 0.6) is 5.75 Å². The van der Waals surface area contributed by atoms with Crippen LogP contribution in [0.4, 0.5) is 0 Å². The fraction of sp³-hybridized carbons (Fsp3) is 0.467. The van der Waals surface area contributed by atoms with Crippen molar-refractivity contribution in [2.24, 2.45) is 0 Å². The van der Waals surface area contributed by atoms with Gasteiger partial charge in [-0.1, -0.05) is 11.6 Å². The number of halogens is 1. The van der Waals surface area contributed by atoms with Crippen LogP contribution in [0.2, 0.25) is 5.02 Å². The molecule has 0 spiro atoms. The Labute approximate surface area is 145 Å². The van der Waals surface area contributed by atoms with Crippen molar-refractivity contribution >= 4 is 33.3 Å². The minimum Gasteiger partial charge on any atom is -0.484 e. The number of amides is 1. The highest BCUT2D eigenvalue weighted by atomic mass is 35.5. The van der Waals surface area contributed by atoms with Crippen molar-refractivity contribution in [3.8, 4) is 5.75 Å². The Morgan fingerprint density at radius 1 is 1.29 bits per heavy atom. The van der Waals surface area contributed by atoms with Crippen LogP contribution in [-0.2, 0) is 24.2 Å². The number of hydrogen-bond acceptors (Lipinski definition) is 6. The van der Waals surface area contributed by atoms with E-state index < -0.39 is 27.8 Å². The maximum Gasteiger partial charge on any atom is 0.325 e. The summed E-state index contributed by atoms with van der Waals surface area (Å²) in [6.07, 6.45) is 0.298. The van der Waals surface area contributed by atoms with Gasteiger partial charge in [-0.3, -0.25) is 9.59 Å². The Morgan fingerprint density at radius 2 is 1.96 bits per heavy atom. The number of methoxy groups -OCH3 is 1. The van der Waals surface area contributed by atoms with Crippen LogP contribution in [0, 0.1) is 0 Å². The molecule has 0 unspecified atom stereocenters. The average Bonchev–Trinajstić information content (AvgIpc) is 2.91. The molecular weight excluding hydrogens is 358 g/mol. The summed E-state index contributed by atoms with van der Waals surface area (Å²) in [5.74, 6) is -0.793. The number of ether oxygens (including phenoxy) is 2. The van der Waals surface area contributed by atoms with Crippen LogP contribution in [0.1, 0.15) is 6.42 Å². The van der Waals surface area contributed by atoms with Crippen LogP contribution in [0.15, 0.2) is 24.3 Å². The maximum atomic E-state index is 12.4. The summed E-state index contributed by atoms with van der Waals surface area (Å²) in [4.78, 5) is 25.2. The average molecular weight is 376 g/mol. The number of sulfone groups is 1. The van der Waals surface area contributed by atoms with Gasteiger partial charge >= 0.3 is 5.97 Å². The molecule has 1 fully saturated rings. The van der Waals surface area contributed by atoms with Crippen LogP contribution in [0.3, 0.4) is 0 Å². The lowest BCUT2D eigenvalue weighted by molar-refractivity contribution is -0.149. The molecule has 1 aromatic rings. The minimum absolute atomic E-state index is 0.000656. The number of carbonyl (C=O) groups is 2. The Hall–Kier alpha value is -1.80. The van der Waals surface area contributed by atoms with Crippen molar-refractivity contribution in [2.45, 2.75) is 12.5 Å². The van der Waals surface area contributed by atoms with Gasteiger partial charge in [0.1, 0.15) is 12.3 Å². The second-order valence-electron chi connectivity index (χ2n) is 5.40. The predicted molar refractivity (Wildman–Crippen MR) is 87.7 cm³/mol. The van der Waals surface area contributed by atoms with Gasteiger partial charge in [0, 0.05) is 11.1 Å². The highest BCUT2D eigenvalue weighted by molar-refractivity contribution is 7.91. The zero-order valence-corrected chi connectivity index (χ0v) is 14.7. The highest BCUT2D eigenvalue weighted by Gasteiger charge is 2.35. The first-order valence-electron chi connectivity index (χ1n) is 7.26. The maximum absolute atomic E-state index is 12.4. The molecule has 24 heavy (non-hydrogen) atoms. The molecule has 1 saturated heterocycles. The van der Waals surface area contributed by atoms with Crippen molar-refractivity contribution in [1.82, 2.24) is 4.90 Å². The minimum atomic E-state index is -3.19. The molecule has 1 amide bonds. The highest BCUT2D eigenvalue weighted by Crippen LogP contribution is 2.19. The second-order valence-corrected chi connectivity index (χ2v) is 8.06. The van der Waals surface area contributed by atoms with Gasteiger partial charge in [0.05, 0.1) is 18.6 Å². The Balaban J connectivity index is 2.03. The van der Waals surface area contributed by atoms with E-state index in [0.29, 0.717) is 17.2 Å². The molecule has 1 aromatic carbocycles. The molecule has 0 bridgehead atoms. The van der Waals surface area contributed by atoms with E-state index in [0.717, 1.165) is 0 Å². The van der Waals surface area contributed by atoms with E-state index >= 15 is 0 Å². The van der Waals surface area contributed by atoms with E-state index in [1.807, 2.05) is 0 Å². The lowest BCUT2D eigenvalue weighted by Crippen LogP contribution is -2.46. The van der Waals surface area contributed by atoms with Crippen molar-refractivity contribution in [3.63, 3.8) is 0 Å². The molecule has 0 radical (unpaired) electrons. The standard InChI is InChI=1S/C15H18ClNO6S/c1-22-15(19)8-17(12-6-7-24(20,21)10-12)14(18)9-23-13-4-2-11(16)3-5-13/h2-5,12H,6-10H2,1H3/t12-/m0/s1. The number of esters is 1. The van der Waals surface area contributed by atoms with Crippen molar-refractivity contribution < 1.29 is 27.5 Å². The van der Waals surface area contributed by atoms with E-state index in [2.05, 4.69) is 4.74 Å². The van der Waals surface area contributed by atoms with Gasteiger partial charge in [0.2, 0.25) is 0 Å². The molecule has 0 N–H and O–H groups in total. The first kappa shape index (κ1) is 18.5. The third-order valence-corrected chi connectivity index (χ3v) is 5.67. The summed E-state index contributed by atoms with van der Waals surface area (Å²) < 4.78 is 33.2. The topological polar surface area (TPSA) is 90.0 Å². The third kappa shape index (κ3) is 5.10. The molecule has 1 heterocycles. The largest absolute Gasteiger partial charge is 0.484 e. The summed E-state index contributed by atoms with van der Waals surface area (Å²) in [7, 11) is -1.98. The molecule has 132 valence electrons. The monoisotopic (exact) mass is 375 g/mol. The van der Waals surface area contributed by atoms with E-state index in [9.17, 15) is 18.0 Å². The van der Waals surface area contributed by atoms with Crippen molar-refractivity contribution in [2.75, 3.05) is 31.8 Å². The van der Waals surface area contributed by atoms with Crippen LogP contribution >= 0.6 is 11.6 Å². The summed E-state index contributed by atoms with van der Waals surface area (Å²) in [6, 6.07) is 5.92. The van der Waals surface area contributed by atoms with Gasteiger partial charge < -0.3 is 14.4 Å². The van der Waals surface area contributed by atoms with Gasteiger partial charge in [-0.15, -0.1) is 0 Å². The Morgan fingerprint density at radius 3 is 2.50 bits per heavy atom. The lowest BCUT2D eigenvalue weighted by atomic mass is 10.2. The molecule has 9 heteroatoms. The van der Waals surface area contributed by atoms with E-state index in [1.165, 1.54) is 12.0 Å². The van der Waals surface area contributed by atoms with Crippen LogP contribution in [0.25, 0.3) is 0 Å². The molecule has 1 aliphatic heterocycles. The predicted octanol–water partition coefficient (Wildman–Crippen LogP) is 0.907. The van der Waals surface area contributed by atoms with E-state index in [4.69, 9.17) is 16.3 Å². The summed E-state index contributed by atoms with van der Waals surface area (Å²) in [5, 5.41) is 0.539. The van der Waals surface area contributed by atoms with Crippen LogP contribution < -0.4 is 4.74 Å².